The summed E-state index contributed by atoms with van der Waals surface area (Å²) in [7, 11) is 0. The van der Waals surface area contributed by atoms with Crippen molar-refractivity contribution in [3.05, 3.63) is 67.3 Å². The zero-order valence-corrected chi connectivity index (χ0v) is 19.3. The zero-order valence-electron chi connectivity index (χ0n) is 17.6. The van der Waals surface area contributed by atoms with E-state index in [4.69, 9.17) is 10.1 Å². The third-order valence-electron chi connectivity index (χ3n) is 4.19. The van der Waals surface area contributed by atoms with E-state index < -0.39 is 0 Å². The Hall–Kier alpha value is -2.48. The third kappa shape index (κ3) is 6.75. The molecular formula is C24H32N4OS2. The second-order valence-electron chi connectivity index (χ2n) is 5.99. The van der Waals surface area contributed by atoms with Gasteiger partial charge in [0, 0.05) is 30.7 Å². The molecule has 1 N–H and O–H groups in total. The molecule has 166 valence electrons. The molecule has 0 saturated heterocycles. The van der Waals surface area contributed by atoms with E-state index >= 15 is 0 Å². The Morgan fingerprint density at radius 3 is 2.61 bits per heavy atom. The van der Waals surface area contributed by atoms with E-state index in [9.17, 15) is 0 Å². The SMILES string of the molecule is C.C/C=C1/CCN(S)c2ccc(-c3cnc(-c4cccnc4)s3)nc21.C=CCO.CC. The van der Waals surface area contributed by atoms with Crippen LogP contribution in [0.25, 0.3) is 26.7 Å². The van der Waals surface area contributed by atoms with E-state index in [0.717, 1.165) is 45.5 Å². The van der Waals surface area contributed by atoms with Gasteiger partial charge < -0.3 is 9.41 Å². The molecule has 0 atom stereocenters. The van der Waals surface area contributed by atoms with Gasteiger partial charge in [-0.3, -0.25) is 4.98 Å². The summed E-state index contributed by atoms with van der Waals surface area (Å²) in [4.78, 5) is 14.6. The summed E-state index contributed by atoms with van der Waals surface area (Å²) in [6.45, 7) is 10.3. The molecule has 31 heavy (non-hydrogen) atoms. The number of pyridine rings is 2. The minimum Gasteiger partial charge on any atom is -0.392 e. The van der Waals surface area contributed by atoms with E-state index in [1.54, 1.807) is 17.5 Å². The van der Waals surface area contributed by atoms with Crippen LogP contribution in [0.3, 0.4) is 0 Å². The number of aliphatic hydroxyl groups excluding tert-OH is 1. The molecule has 0 amide bonds. The predicted octanol–water partition coefficient (Wildman–Crippen LogP) is 6.55. The summed E-state index contributed by atoms with van der Waals surface area (Å²) < 4.78 is 1.97. The van der Waals surface area contributed by atoms with E-state index in [-0.39, 0.29) is 14.0 Å². The Labute approximate surface area is 195 Å². The van der Waals surface area contributed by atoms with Crippen LogP contribution >= 0.6 is 24.2 Å². The normalized spacial score (nSPS) is 13.1. The average Bonchev–Trinajstić information content (AvgIpc) is 3.32. The van der Waals surface area contributed by atoms with Crippen molar-refractivity contribution in [2.45, 2.75) is 34.6 Å². The Morgan fingerprint density at radius 2 is 2.00 bits per heavy atom. The van der Waals surface area contributed by atoms with Crippen molar-refractivity contribution >= 4 is 35.4 Å². The number of rotatable bonds is 3. The fourth-order valence-electron chi connectivity index (χ4n) is 2.80. The van der Waals surface area contributed by atoms with E-state index in [1.165, 1.54) is 11.6 Å². The van der Waals surface area contributed by atoms with Crippen LogP contribution in [-0.2, 0) is 0 Å². The molecule has 4 rings (SSSR count). The van der Waals surface area contributed by atoms with E-state index in [1.807, 2.05) is 48.7 Å². The van der Waals surface area contributed by atoms with Gasteiger partial charge in [-0.25, -0.2) is 9.97 Å². The summed E-state index contributed by atoms with van der Waals surface area (Å²) >= 11 is 6.18. The maximum absolute atomic E-state index is 7.76. The lowest BCUT2D eigenvalue weighted by atomic mass is 10.0. The van der Waals surface area contributed by atoms with Gasteiger partial charge in [0.25, 0.3) is 0 Å². The molecule has 5 nitrogen and oxygen atoms in total. The van der Waals surface area contributed by atoms with Crippen molar-refractivity contribution in [2.75, 3.05) is 17.5 Å². The average molecular weight is 457 g/mol. The fraction of sp³-hybridized carbons (Fsp3) is 0.292. The van der Waals surface area contributed by atoms with Gasteiger partial charge >= 0.3 is 0 Å². The van der Waals surface area contributed by atoms with Gasteiger partial charge in [-0.15, -0.1) is 17.9 Å². The number of hydrogen-bond donors (Lipinski definition) is 2. The lowest BCUT2D eigenvalue weighted by molar-refractivity contribution is 0.343. The summed E-state index contributed by atoms with van der Waals surface area (Å²) in [6.07, 6.45) is 10.0. The molecule has 4 heterocycles. The molecule has 0 aliphatic carbocycles. The van der Waals surface area contributed by atoms with Crippen molar-refractivity contribution < 1.29 is 5.11 Å². The topological polar surface area (TPSA) is 62.1 Å². The molecule has 1 aliphatic rings. The molecule has 7 heteroatoms. The maximum Gasteiger partial charge on any atom is 0.125 e. The van der Waals surface area contributed by atoms with Gasteiger partial charge in [-0.05, 0) is 43.2 Å². The Balaban J connectivity index is 0.000000620. The molecule has 1 aliphatic heterocycles. The van der Waals surface area contributed by atoms with Crippen molar-refractivity contribution in [2.24, 2.45) is 0 Å². The number of thiazole rings is 1. The van der Waals surface area contributed by atoms with Crippen LogP contribution in [0.2, 0.25) is 0 Å². The monoisotopic (exact) mass is 456 g/mol. The molecule has 0 bridgehead atoms. The number of hydrogen-bond acceptors (Lipinski definition) is 7. The van der Waals surface area contributed by atoms with Crippen LogP contribution in [0, 0.1) is 0 Å². The first-order chi connectivity index (χ1) is 14.7. The number of thiol groups is 1. The molecule has 0 fully saturated rings. The van der Waals surface area contributed by atoms with Gasteiger partial charge in [-0.2, -0.15) is 0 Å². The molecule has 0 aromatic carbocycles. The number of allylic oxidation sites excluding steroid dienone is 1. The number of aliphatic hydroxyl groups is 1. The quantitative estimate of drug-likeness (QED) is 0.345. The first kappa shape index (κ1) is 26.6. The Kier molecular flexibility index (Phi) is 11.8. The highest BCUT2D eigenvalue weighted by Gasteiger charge is 2.20. The largest absolute Gasteiger partial charge is 0.392 e. The van der Waals surface area contributed by atoms with Crippen LogP contribution in [0.5, 0.6) is 0 Å². The molecule has 0 radical (unpaired) electrons. The lowest BCUT2D eigenvalue weighted by Gasteiger charge is -2.27. The van der Waals surface area contributed by atoms with Gasteiger partial charge in [-0.1, -0.05) is 46.2 Å². The number of nitrogens with zero attached hydrogens (tertiary/aromatic N) is 4. The number of anilines is 1. The number of aromatic nitrogens is 3. The summed E-state index contributed by atoms with van der Waals surface area (Å²) in [5.41, 5.74) is 5.34. The minimum atomic E-state index is 0. The van der Waals surface area contributed by atoms with Gasteiger partial charge in [0.2, 0.25) is 0 Å². The van der Waals surface area contributed by atoms with Crippen molar-refractivity contribution in [1.82, 2.24) is 15.0 Å². The van der Waals surface area contributed by atoms with Crippen LogP contribution in [0.1, 0.15) is 40.3 Å². The second kappa shape index (κ2) is 13.7. The number of fused-ring (bicyclic) bond motifs is 1. The van der Waals surface area contributed by atoms with Crippen molar-refractivity contribution in [3.63, 3.8) is 0 Å². The van der Waals surface area contributed by atoms with Gasteiger partial charge in [0.1, 0.15) is 5.01 Å². The van der Waals surface area contributed by atoms with Crippen molar-refractivity contribution in [3.8, 4) is 21.1 Å². The molecule has 0 saturated carbocycles. The smallest absolute Gasteiger partial charge is 0.125 e. The van der Waals surface area contributed by atoms with Crippen LogP contribution in [0.15, 0.2) is 61.6 Å². The molecular weight excluding hydrogens is 424 g/mol. The Bertz CT molecular complexity index is 971. The van der Waals surface area contributed by atoms with Gasteiger partial charge in [0.15, 0.2) is 0 Å². The van der Waals surface area contributed by atoms with Crippen LogP contribution in [0.4, 0.5) is 5.69 Å². The minimum absolute atomic E-state index is 0. The summed E-state index contributed by atoms with van der Waals surface area (Å²) in [5, 5.41) is 8.71. The lowest BCUT2D eigenvalue weighted by Crippen LogP contribution is -2.20. The highest BCUT2D eigenvalue weighted by molar-refractivity contribution is 7.81. The first-order valence-corrected chi connectivity index (χ1v) is 11.1. The fourth-order valence-corrected chi connectivity index (χ4v) is 3.93. The standard InChI is InChI=1S/C18H16N4S2.C3H6O.C2H6.CH4/c1-2-12-7-9-22(23)15-6-5-14(21-17(12)15)16-11-20-18(24-16)13-4-3-8-19-10-13;1-2-3-4;1-2;/h2-6,8,10-11,23H,7,9H2,1H3;2,4H,1,3H2;1-2H3;1H4/b12-2-;;;. The first-order valence-electron chi connectivity index (χ1n) is 9.89. The van der Waals surface area contributed by atoms with Crippen molar-refractivity contribution in [1.29, 1.82) is 0 Å². The molecule has 3 aromatic rings. The highest BCUT2D eigenvalue weighted by Crippen LogP contribution is 2.37. The van der Waals surface area contributed by atoms with Crippen LogP contribution in [-0.4, -0.2) is 33.2 Å². The summed E-state index contributed by atoms with van der Waals surface area (Å²) in [6, 6.07) is 8.08. The molecule has 0 unspecified atom stereocenters. The molecule has 0 spiro atoms. The Morgan fingerprint density at radius 1 is 1.26 bits per heavy atom. The second-order valence-corrected chi connectivity index (χ2v) is 7.51. The zero-order chi connectivity index (χ0) is 21.9. The molecule has 3 aromatic heterocycles. The third-order valence-corrected chi connectivity index (χ3v) is 5.68. The van der Waals surface area contributed by atoms with E-state index in [0.29, 0.717) is 0 Å². The van der Waals surface area contributed by atoms with E-state index in [2.05, 4.69) is 48.4 Å². The van der Waals surface area contributed by atoms with Crippen LogP contribution < -0.4 is 4.31 Å². The highest BCUT2D eigenvalue weighted by atomic mass is 32.1. The predicted molar refractivity (Wildman–Crippen MR) is 139 cm³/mol. The summed E-state index contributed by atoms with van der Waals surface area (Å²) in [5.74, 6) is 0. The maximum atomic E-state index is 7.76. The van der Waals surface area contributed by atoms with Gasteiger partial charge in [0.05, 0.1) is 28.6 Å².